The van der Waals surface area contributed by atoms with Crippen molar-refractivity contribution in [2.75, 3.05) is 23.8 Å². The van der Waals surface area contributed by atoms with Crippen molar-refractivity contribution >= 4 is 28.4 Å². The molecule has 2 aromatic carbocycles. The fraction of sp³-hybridized carbons (Fsp3) is 0.208. The molecule has 0 aliphatic carbocycles. The molecule has 0 spiro atoms. The summed E-state index contributed by atoms with van der Waals surface area (Å²) in [4.78, 5) is 23.4. The first kappa shape index (κ1) is 20.9. The molecular formula is C24H22F2N6O. The van der Waals surface area contributed by atoms with E-state index < -0.39 is 11.7 Å². The second-order valence-electron chi connectivity index (χ2n) is 8.20. The minimum Gasteiger partial charge on any atom is -0.366 e. The zero-order valence-electron chi connectivity index (χ0n) is 18.2. The molecule has 4 aromatic rings. The Labute approximate surface area is 188 Å². The van der Waals surface area contributed by atoms with Crippen molar-refractivity contribution in [1.82, 2.24) is 14.5 Å². The number of halogens is 2. The van der Waals surface area contributed by atoms with Gasteiger partial charge >= 0.3 is 0 Å². The Bertz CT molecular complexity index is 1410. The molecule has 168 valence electrons. The number of hydrogen-bond donors (Lipinski definition) is 2. The van der Waals surface area contributed by atoms with Crippen molar-refractivity contribution < 1.29 is 13.6 Å². The predicted octanol–water partition coefficient (Wildman–Crippen LogP) is 3.71. The lowest BCUT2D eigenvalue weighted by molar-refractivity contribution is 0.100. The minimum atomic E-state index is -0.705. The van der Waals surface area contributed by atoms with Crippen molar-refractivity contribution in [3.63, 3.8) is 0 Å². The van der Waals surface area contributed by atoms with E-state index in [9.17, 15) is 13.6 Å². The van der Waals surface area contributed by atoms with E-state index in [1.54, 1.807) is 16.7 Å². The summed E-state index contributed by atoms with van der Waals surface area (Å²) in [6.07, 6.45) is 0.767. The monoisotopic (exact) mass is 448 g/mol. The second kappa shape index (κ2) is 7.84. The van der Waals surface area contributed by atoms with Crippen molar-refractivity contribution in [1.29, 1.82) is 0 Å². The van der Waals surface area contributed by atoms with Crippen LogP contribution in [-0.2, 0) is 13.0 Å². The number of aryl methyl sites for hydroxylation is 1. The summed E-state index contributed by atoms with van der Waals surface area (Å²) in [6.45, 7) is 3.01. The topological polar surface area (TPSA) is 89.1 Å². The number of aromatic nitrogens is 3. The fourth-order valence-corrected chi connectivity index (χ4v) is 4.34. The maximum absolute atomic E-state index is 14.4. The minimum absolute atomic E-state index is 0.106. The summed E-state index contributed by atoms with van der Waals surface area (Å²) >= 11 is 0. The number of fused-ring (bicyclic) bond motifs is 2. The molecule has 33 heavy (non-hydrogen) atoms. The lowest BCUT2D eigenvalue weighted by Crippen LogP contribution is -2.16. The number of carbonyl (C=O) groups is 1. The van der Waals surface area contributed by atoms with Gasteiger partial charge in [-0.1, -0.05) is 12.1 Å². The first-order chi connectivity index (χ1) is 15.8. The van der Waals surface area contributed by atoms with Gasteiger partial charge in [0.15, 0.2) is 0 Å². The van der Waals surface area contributed by atoms with Gasteiger partial charge in [0.05, 0.1) is 11.1 Å². The van der Waals surface area contributed by atoms with Gasteiger partial charge in [-0.25, -0.2) is 8.78 Å². The van der Waals surface area contributed by atoms with Crippen LogP contribution in [0.5, 0.6) is 0 Å². The number of rotatable bonds is 5. The molecule has 1 aliphatic rings. The number of nitrogens with two attached hydrogens (primary N) is 1. The lowest BCUT2D eigenvalue weighted by atomic mass is 10.1. The molecule has 0 unspecified atom stereocenters. The number of nitrogens with one attached hydrogen (secondary N) is 1. The Balaban J connectivity index is 1.64. The van der Waals surface area contributed by atoms with Crippen molar-refractivity contribution in [3.8, 4) is 5.95 Å². The Morgan fingerprint density at radius 3 is 2.73 bits per heavy atom. The van der Waals surface area contributed by atoms with E-state index >= 15 is 0 Å². The van der Waals surface area contributed by atoms with Gasteiger partial charge in [0.1, 0.15) is 23.3 Å². The van der Waals surface area contributed by atoms with Gasteiger partial charge in [0.2, 0.25) is 11.9 Å². The molecule has 0 fully saturated rings. The zero-order valence-corrected chi connectivity index (χ0v) is 18.2. The lowest BCUT2D eigenvalue weighted by Gasteiger charge is -2.16. The Morgan fingerprint density at radius 1 is 1.15 bits per heavy atom. The number of nitrogens with zero attached hydrogens (tertiary/aromatic N) is 4. The molecule has 2 aromatic heterocycles. The number of benzene rings is 2. The van der Waals surface area contributed by atoms with Crippen molar-refractivity contribution in [2.24, 2.45) is 5.73 Å². The Hall–Kier alpha value is -4.01. The molecule has 7 nitrogen and oxygen atoms in total. The van der Waals surface area contributed by atoms with Gasteiger partial charge in [-0.2, -0.15) is 9.97 Å². The maximum atomic E-state index is 14.4. The fourth-order valence-electron chi connectivity index (χ4n) is 4.34. The zero-order chi connectivity index (χ0) is 23.3. The average Bonchev–Trinajstić information content (AvgIpc) is 3.30. The smallest absolute Gasteiger partial charge is 0.249 e. The number of carbonyl (C=O) groups excluding carboxylic acids is 1. The van der Waals surface area contributed by atoms with E-state index in [0.717, 1.165) is 41.7 Å². The largest absolute Gasteiger partial charge is 0.366 e. The maximum Gasteiger partial charge on any atom is 0.249 e. The summed E-state index contributed by atoms with van der Waals surface area (Å²) in [7, 11) is 1.95. The number of hydrogen-bond acceptors (Lipinski definition) is 5. The Kier molecular flexibility index (Phi) is 4.96. The van der Waals surface area contributed by atoms with Gasteiger partial charge in [-0.05, 0) is 49.2 Å². The number of anilines is 2. The molecule has 1 aliphatic heterocycles. The van der Waals surface area contributed by atoms with Gasteiger partial charge in [-0.15, -0.1) is 0 Å². The van der Waals surface area contributed by atoms with Crippen LogP contribution in [-0.4, -0.2) is 34.0 Å². The van der Waals surface area contributed by atoms with Gasteiger partial charge in [0.25, 0.3) is 0 Å². The van der Waals surface area contributed by atoms with Gasteiger partial charge in [-0.3, -0.25) is 9.36 Å². The quantitative estimate of drug-likeness (QED) is 0.486. The van der Waals surface area contributed by atoms with E-state index in [2.05, 4.69) is 5.32 Å². The van der Waals surface area contributed by atoms with Crippen molar-refractivity contribution in [2.45, 2.75) is 19.9 Å². The SMILES string of the molecule is Cc1cc2c(C(N)=O)cc(F)cc2n1-c1nc(NCc2cccc(F)c2)c2c(n1)N(C)CC2. The highest BCUT2D eigenvalue weighted by Crippen LogP contribution is 2.33. The van der Waals surface area contributed by atoms with Crippen molar-refractivity contribution in [3.05, 3.63) is 76.5 Å². The first-order valence-corrected chi connectivity index (χ1v) is 10.5. The summed E-state index contributed by atoms with van der Waals surface area (Å²) in [6, 6.07) is 10.6. The van der Waals surface area contributed by atoms with Crippen LogP contribution in [0.1, 0.15) is 27.2 Å². The third-order valence-corrected chi connectivity index (χ3v) is 5.92. The third-order valence-electron chi connectivity index (χ3n) is 5.92. The molecular weight excluding hydrogens is 426 g/mol. The molecule has 0 radical (unpaired) electrons. The molecule has 0 bridgehead atoms. The standard InChI is InChI=1S/C24H22F2N6O/c1-13-8-18-19(21(27)33)10-16(26)11-20(18)32(13)24-29-22(17-6-7-31(2)23(17)30-24)28-12-14-4-3-5-15(25)9-14/h3-5,8-11H,6-7,12H2,1-2H3,(H2,27,33)(H,28,29,30). The summed E-state index contributed by atoms with van der Waals surface area (Å²) in [5.41, 5.74) is 8.52. The normalized spacial score (nSPS) is 12.9. The summed E-state index contributed by atoms with van der Waals surface area (Å²) in [5.74, 6) is 0.176. The molecule has 3 heterocycles. The van der Waals surface area contributed by atoms with E-state index in [1.165, 1.54) is 18.2 Å². The second-order valence-corrected chi connectivity index (χ2v) is 8.20. The van der Waals surface area contributed by atoms with Crippen LogP contribution in [0.4, 0.5) is 20.4 Å². The van der Waals surface area contributed by atoms with Crippen LogP contribution in [0.2, 0.25) is 0 Å². The summed E-state index contributed by atoms with van der Waals surface area (Å²) in [5, 5.41) is 3.85. The highest BCUT2D eigenvalue weighted by molar-refractivity contribution is 6.06. The molecule has 0 saturated heterocycles. The van der Waals surface area contributed by atoms with Crippen LogP contribution in [0.15, 0.2) is 42.5 Å². The highest BCUT2D eigenvalue weighted by atomic mass is 19.1. The summed E-state index contributed by atoms with van der Waals surface area (Å²) < 4.78 is 29.7. The Morgan fingerprint density at radius 2 is 1.97 bits per heavy atom. The molecule has 1 amide bonds. The van der Waals surface area contributed by atoms with E-state index in [1.807, 2.05) is 24.9 Å². The average molecular weight is 448 g/mol. The van der Waals surface area contributed by atoms with E-state index in [4.69, 9.17) is 15.7 Å². The van der Waals surface area contributed by atoms with Crippen LogP contribution in [0.3, 0.4) is 0 Å². The van der Waals surface area contributed by atoms with Gasteiger partial charge in [0, 0.05) is 36.8 Å². The highest BCUT2D eigenvalue weighted by Gasteiger charge is 2.25. The van der Waals surface area contributed by atoms with E-state index in [0.29, 0.717) is 29.2 Å². The number of amides is 1. The predicted molar refractivity (Wildman–Crippen MR) is 123 cm³/mol. The molecule has 0 saturated carbocycles. The van der Waals surface area contributed by atoms with E-state index in [-0.39, 0.29) is 11.4 Å². The number of primary amides is 1. The third kappa shape index (κ3) is 3.65. The first-order valence-electron chi connectivity index (χ1n) is 10.5. The van der Waals surface area contributed by atoms with Crippen LogP contribution < -0.4 is 16.0 Å². The molecule has 9 heteroatoms. The van der Waals surface area contributed by atoms with Gasteiger partial charge < -0.3 is 16.0 Å². The van der Waals surface area contributed by atoms with Crippen LogP contribution in [0, 0.1) is 18.6 Å². The van der Waals surface area contributed by atoms with Crippen LogP contribution in [0.25, 0.3) is 16.9 Å². The molecule has 0 atom stereocenters. The molecule has 3 N–H and O–H groups in total. The van der Waals surface area contributed by atoms with Crippen LogP contribution >= 0.6 is 0 Å². The molecule has 5 rings (SSSR count). The number of likely N-dealkylation sites (N-methyl/N-ethyl adjacent to an activating group) is 1.